The van der Waals surface area contributed by atoms with Gasteiger partial charge >= 0.3 is 0 Å². The van der Waals surface area contributed by atoms with Gasteiger partial charge in [0.25, 0.3) is 0 Å². The van der Waals surface area contributed by atoms with Crippen LogP contribution in [0.15, 0.2) is 24.3 Å². The number of hydrogen-bond acceptors (Lipinski definition) is 4. The van der Waals surface area contributed by atoms with Crippen LogP contribution in [-0.4, -0.2) is 25.9 Å². The predicted octanol–water partition coefficient (Wildman–Crippen LogP) is 2.20. The summed E-state index contributed by atoms with van der Waals surface area (Å²) in [6.45, 7) is 2.54. The average Bonchev–Trinajstić information content (AvgIpc) is 2.53. The highest BCUT2D eigenvalue weighted by molar-refractivity contribution is 5.37. The van der Waals surface area contributed by atoms with Crippen LogP contribution in [0.4, 0.5) is 0 Å². The second-order valence-electron chi connectivity index (χ2n) is 5.86. The highest BCUT2D eigenvalue weighted by Gasteiger charge is 2.29. The Labute approximate surface area is 120 Å². The minimum atomic E-state index is 0.325. The van der Waals surface area contributed by atoms with Crippen LogP contribution < -0.4 is 16.0 Å². The Bertz CT molecular complexity index is 432. The minimum absolute atomic E-state index is 0.325. The Balaban J connectivity index is 1.70. The van der Waals surface area contributed by atoms with Gasteiger partial charge < -0.3 is 9.47 Å². The summed E-state index contributed by atoms with van der Waals surface area (Å²) in [5.74, 6) is 7.91. The number of fused-ring (bicyclic) bond motifs is 1. The van der Waals surface area contributed by atoms with E-state index in [9.17, 15) is 0 Å². The van der Waals surface area contributed by atoms with Gasteiger partial charge in [0.2, 0.25) is 0 Å². The lowest BCUT2D eigenvalue weighted by atomic mass is 9.82. The van der Waals surface area contributed by atoms with Gasteiger partial charge in [-0.05, 0) is 49.1 Å². The maximum absolute atomic E-state index is 5.80. The first-order valence-electron chi connectivity index (χ1n) is 7.64. The molecule has 3 N–H and O–H groups in total. The SMILES string of the molecule is NNC(CC1CCOc2ccccc21)C1CCCOC1. The number of para-hydroxylation sites is 1. The van der Waals surface area contributed by atoms with Crippen LogP contribution >= 0.6 is 0 Å². The highest BCUT2D eigenvalue weighted by atomic mass is 16.5. The molecule has 0 bridgehead atoms. The largest absolute Gasteiger partial charge is 0.493 e. The van der Waals surface area contributed by atoms with Crippen LogP contribution in [0.3, 0.4) is 0 Å². The molecular weight excluding hydrogens is 252 g/mol. The fourth-order valence-electron chi connectivity index (χ4n) is 3.45. The van der Waals surface area contributed by atoms with Crippen molar-refractivity contribution in [3.8, 4) is 5.75 Å². The van der Waals surface area contributed by atoms with Crippen molar-refractivity contribution < 1.29 is 9.47 Å². The van der Waals surface area contributed by atoms with Gasteiger partial charge in [-0.2, -0.15) is 0 Å². The fourth-order valence-corrected chi connectivity index (χ4v) is 3.45. The van der Waals surface area contributed by atoms with E-state index in [0.29, 0.717) is 17.9 Å². The molecule has 0 aromatic heterocycles. The van der Waals surface area contributed by atoms with E-state index in [0.717, 1.165) is 44.8 Å². The Hall–Kier alpha value is -1.10. The zero-order valence-corrected chi connectivity index (χ0v) is 11.9. The van der Waals surface area contributed by atoms with Crippen molar-refractivity contribution >= 4 is 0 Å². The van der Waals surface area contributed by atoms with Gasteiger partial charge in [0.1, 0.15) is 5.75 Å². The molecule has 3 unspecified atom stereocenters. The first-order valence-corrected chi connectivity index (χ1v) is 7.64. The molecule has 20 heavy (non-hydrogen) atoms. The van der Waals surface area contributed by atoms with Gasteiger partial charge in [-0.3, -0.25) is 11.3 Å². The molecule has 1 aromatic carbocycles. The maximum atomic E-state index is 5.80. The Kier molecular flexibility index (Phi) is 4.55. The van der Waals surface area contributed by atoms with Gasteiger partial charge in [-0.1, -0.05) is 18.2 Å². The molecule has 2 heterocycles. The number of hydrogen-bond donors (Lipinski definition) is 2. The molecule has 4 nitrogen and oxygen atoms in total. The average molecular weight is 276 g/mol. The molecule has 1 aromatic rings. The van der Waals surface area contributed by atoms with Crippen molar-refractivity contribution in [2.45, 2.75) is 37.6 Å². The molecule has 0 aliphatic carbocycles. The van der Waals surface area contributed by atoms with Crippen molar-refractivity contribution in [3.05, 3.63) is 29.8 Å². The Morgan fingerprint density at radius 3 is 2.95 bits per heavy atom. The number of nitrogens with one attached hydrogen (secondary N) is 1. The third-order valence-electron chi connectivity index (χ3n) is 4.60. The lowest BCUT2D eigenvalue weighted by Crippen LogP contribution is -2.45. The summed E-state index contributed by atoms with van der Waals surface area (Å²) in [6.07, 6.45) is 4.49. The molecule has 1 saturated heterocycles. The first-order chi connectivity index (χ1) is 9.88. The zero-order chi connectivity index (χ0) is 13.8. The number of nitrogens with two attached hydrogens (primary N) is 1. The number of rotatable bonds is 4. The molecule has 2 aliphatic rings. The van der Waals surface area contributed by atoms with Crippen LogP contribution in [0.2, 0.25) is 0 Å². The van der Waals surface area contributed by atoms with Gasteiger partial charge in [0.15, 0.2) is 0 Å². The van der Waals surface area contributed by atoms with Crippen molar-refractivity contribution in [2.24, 2.45) is 11.8 Å². The summed E-state index contributed by atoms with van der Waals surface area (Å²) in [7, 11) is 0. The normalized spacial score (nSPS) is 27.4. The molecule has 0 radical (unpaired) electrons. The van der Waals surface area contributed by atoms with Crippen molar-refractivity contribution in [1.29, 1.82) is 0 Å². The maximum Gasteiger partial charge on any atom is 0.122 e. The third kappa shape index (κ3) is 2.97. The molecular formula is C16H24N2O2. The Morgan fingerprint density at radius 1 is 1.25 bits per heavy atom. The summed E-state index contributed by atoms with van der Waals surface area (Å²) >= 11 is 0. The smallest absolute Gasteiger partial charge is 0.122 e. The zero-order valence-electron chi connectivity index (χ0n) is 11.9. The van der Waals surface area contributed by atoms with Crippen molar-refractivity contribution in [2.75, 3.05) is 19.8 Å². The monoisotopic (exact) mass is 276 g/mol. The molecule has 0 amide bonds. The molecule has 0 saturated carbocycles. The second-order valence-corrected chi connectivity index (χ2v) is 5.86. The van der Waals surface area contributed by atoms with Crippen LogP contribution in [0, 0.1) is 5.92 Å². The Morgan fingerprint density at radius 2 is 2.15 bits per heavy atom. The highest BCUT2D eigenvalue weighted by Crippen LogP contribution is 2.37. The standard InChI is InChI=1S/C16H24N2O2/c17-18-15(13-4-3-8-19-11-13)10-12-7-9-20-16-6-2-1-5-14(12)16/h1-2,5-6,12-13,15,18H,3-4,7-11,17H2. The van der Waals surface area contributed by atoms with Crippen LogP contribution in [-0.2, 0) is 4.74 Å². The summed E-state index contributed by atoms with van der Waals surface area (Å²) in [5.41, 5.74) is 4.36. The quantitative estimate of drug-likeness (QED) is 0.654. The number of benzene rings is 1. The predicted molar refractivity (Wildman–Crippen MR) is 78.6 cm³/mol. The van der Waals surface area contributed by atoms with Crippen LogP contribution in [0.25, 0.3) is 0 Å². The van der Waals surface area contributed by atoms with Gasteiger partial charge in [0.05, 0.1) is 13.2 Å². The van der Waals surface area contributed by atoms with E-state index >= 15 is 0 Å². The van der Waals surface area contributed by atoms with E-state index < -0.39 is 0 Å². The van der Waals surface area contributed by atoms with E-state index in [1.54, 1.807) is 0 Å². The van der Waals surface area contributed by atoms with E-state index in [1.807, 2.05) is 6.07 Å². The molecule has 0 spiro atoms. The summed E-state index contributed by atoms with van der Waals surface area (Å²) < 4.78 is 11.3. The number of ether oxygens (including phenoxy) is 2. The molecule has 3 atom stereocenters. The van der Waals surface area contributed by atoms with E-state index in [2.05, 4.69) is 23.6 Å². The van der Waals surface area contributed by atoms with Crippen molar-refractivity contribution in [1.82, 2.24) is 5.43 Å². The molecule has 2 aliphatic heterocycles. The fraction of sp³-hybridized carbons (Fsp3) is 0.625. The lowest BCUT2D eigenvalue weighted by Gasteiger charge is -2.34. The van der Waals surface area contributed by atoms with E-state index in [1.165, 1.54) is 12.0 Å². The summed E-state index contributed by atoms with van der Waals surface area (Å²) in [4.78, 5) is 0. The lowest BCUT2D eigenvalue weighted by molar-refractivity contribution is 0.0360. The van der Waals surface area contributed by atoms with Crippen LogP contribution in [0.1, 0.15) is 37.2 Å². The van der Waals surface area contributed by atoms with Gasteiger partial charge in [-0.25, -0.2) is 0 Å². The van der Waals surface area contributed by atoms with E-state index in [4.69, 9.17) is 15.3 Å². The van der Waals surface area contributed by atoms with Crippen molar-refractivity contribution in [3.63, 3.8) is 0 Å². The minimum Gasteiger partial charge on any atom is -0.493 e. The molecule has 1 fully saturated rings. The van der Waals surface area contributed by atoms with Gasteiger partial charge in [0, 0.05) is 12.6 Å². The number of hydrazine groups is 1. The third-order valence-corrected chi connectivity index (χ3v) is 4.60. The second kappa shape index (κ2) is 6.57. The summed E-state index contributed by atoms with van der Waals surface area (Å²) in [5, 5.41) is 0. The topological polar surface area (TPSA) is 56.5 Å². The molecule has 110 valence electrons. The van der Waals surface area contributed by atoms with Gasteiger partial charge in [-0.15, -0.1) is 0 Å². The van der Waals surface area contributed by atoms with E-state index in [-0.39, 0.29) is 0 Å². The van der Waals surface area contributed by atoms with Crippen LogP contribution in [0.5, 0.6) is 5.75 Å². The first kappa shape index (κ1) is 13.9. The molecule has 4 heteroatoms. The molecule has 3 rings (SSSR count). The summed E-state index contributed by atoms with van der Waals surface area (Å²) in [6, 6.07) is 8.70.